The third kappa shape index (κ3) is 5.06. The smallest absolute Gasteiger partial charge is 0.251 e. The second kappa shape index (κ2) is 8.81. The molecule has 0 heterocycles. The monoisotopic (exact) mass is 458 g/mol. The van der Waals surface area contributed by atoms with E-state index in [-0.39, 0.29) is 28.6 Å². The molecule has 0 spiro atoms. The van der Waals surface area contributed by atoms with E-state index in [1.54, 1.807) is 12.1 Å². The van der Waals surface area contributed by atoms with E-state index in [4.69, 9.17) is 4.74 Å². The van der Waals surface area contributed by atoms with E-state index in [0.29, 0.717) is 12.0 Å². The summed E-state index contributed by atoms with van der Waals surface area (Å²) >= 11 is 3.28. The number of hydrogen-bond donors (Lipinski definition) is 1. The number of halogens is 2. The van der Waals surface area contributed by atoms with Gasteiger partial charge in [0.1, 0.15) is 16.5 Å². The normalized spacial score (nSPS) is 11.5. The van der Waals surface area contributed by atoms with Crippen molar-refractivity contribution < 1.29 is 22.3 Å². The number of benzene rings is 2. The van der Waals surface area contributed by atoms with Gasteiger partial charge in [-0.2, -0.15) is 0 Å². The first-order valence-electron chi connectivity index (χ1n) is 7.99. The largest absolute Gasteiger partial charge is 0.495 e. The molecule has 0 atom stereocenters. The number of nitrogens with one attached hydrogen (secondary N) is 1. The van der Waals surface area contributed by atoms with E-state index < -0.39 is 15.9 Å². The molecular formula is C18H20BrFN2O4S. The van der Waals surface area contributed by atoms with Crippen molar-refractivity contribution in [3.8, 4) is 5.75 Å². The third-order valence-corrected chi connectivity index (χ3v) is 6.20. The minimum atomic E-state index is -3.78. The van der Waals surface area contributed by atoms with Crippen molar-refractivity contribution in [3.05, 3.63) is 57.8 Å². The van der Waals surface area contributed by atoms with Crippen LogP contribution in [0.5, 0.6) is 5.75 Å². The summed E-state index contributed by atoms with van der Waals surface area (Å²) in [5.41, 5.74) is 0.640. The summed E-state index contributed by atoms with van der Waals surface area (Å²) in [4.78, 5) is 12.3. The summed E-state index contributed by atoms with van der Waals surface area (Å²) in [6.45, 7) is 0.202. The first-order valence-corrected chi connectivity index (χ1v) is 10.2. The lowest BCUT2D eigenvalue weighted by Crippen LogP contribution is -2.27. The molecule has 0 saturated carbocycles. The Kier molecular flexibility index (Phi) is 6.96. The molecule has 9 heteroatoms. The van der Waals surface area contributed by atoms with E-state index >= 15 is 0 Å². The molecule has 2 aromatic carbocycles. The summed E-state index contributed by atoms with van der Waals surface area (Å²) < 4.78 is 45.5. The lowest BCUT2D eigenvalue weighted by molar-refractivity contribution is 0.0953. The lowest BCUT2D eigenvalue weighted by atomic mass is 10.1. The highest BCUT2D eigenvalue weighted by atomic mass is 79.9. The number of sulfonamides is 1. The van der Waals surface area contributed by atoms with Crippen LogP contribution >= 0.6 is 15.9 Å². The molecule has 0 fully saturated rings. The molecule has 146 valence electrons. The first-order chi connectivity index (χ1) is 12.7. The van der Waals surface area contributed by atoms with Crippen LogP contribution < -0.4 is 10.1 Å². The molecule has 0 unspecified atom stereocenters. The topological polar surface area (TPSA) is 75.7 Å². The average molecular weight is 459 g/mol. The van der Waals surface area contributed by atoms with E-state index in [1.165, 1.54) is 45.5 Å². The van der Waals surface area contributed by atoms with Crippen molar-refractivity contribution >= 4 is 31.9 Å². The van der Waals surface area contributed by atoms with Crippen molar-refractivity contribution in [2.24, 2.45) is 0 Å². The highest BCUT2D eigenvalue weighted by Gasteiger charge is 2.23. The Morgan fingerprint density at radius 2 is 1.93 bits per heavy atom. The Hall–Kier alpha value is -1.97. The van der Waals surface area contributed by atoms with Crippen molar-refractivity contribution in [3.63, 3.8) is 0 Å². The van der Waals surface area contributed by atoms with Crippen LogP contribution in [-0.2, 0) is 16.4 Å². The number of carbonyl (C=O) groups excluding carboxylic acids is 1. The number of hydrogen-bond acceptors (Lipinski definition) is 4. The lowest BCUT2D eigenvalue weighted by Gasteiger charge is -2.15. The molecule has 2 aromatic rings. The molecule has 0 saturated heterocycles. The van der Waals surface area contributed by atoms with Crippen LogP contribution in [-0.4, -0.2) is 46.4 Å². The van der Waals surface area contributed by atoms with Gasteiger partial charge in [0.05, 0.1) is 7.11 Å². The summed E-state index contributed by atoms with van der Waals surface area (Å²) in [5, 5.41) is 2.67. The average Bonchev–Trinajstić information content (AvgIpc) is 2.63. The summed E-state index contributed by atoms with van der Waals surface area (Å²) in [6.07, 6.45) is 0.302. The molecule has 0 aliphatic heterocycles. The Bertz CT molecular complexity index is 948. The second-order valence-corrected chi connectivity index (χ2v) is 8.93. The van der Waals surface area contributed by atoms with Gasteiger partial charge in [-0.15, -0.1) is 0 Å². The van der Waals surface area contributed by atoms with Crippen LogP contribution in [0.25, 0.3) is 0 Å². The predicted octanol–water partition coefficient (Wildman–Crippen LogP) is 2.82. The van der Waals surface area contributed by atoms with Crippen molar-refractivity contribution in [2.75, 3.05) is 27.7 Å². The Morgan fingerprint density at radius 3 is 2.56 bits per heavy atom. The fourth-order valence-corrected chi connectivity index (χ4v) is 3.85. The highest BCUT2D eigenvalue weighted by molar-refractivity contribution is 9.10. The molecule has 0 aromatic heterocycles. The van der Waals surface area contributed by atoms with Gasteiger partial charge in [0.15, 0.2) is 0 Å². The van der Waals surface area contributed by atoms with Gasteiger partial charge in [-0.3, -0.25) is 4.79 Å². The van der Waals surface area contributed by atoms with Crippen molar-refractivity contribution in [1.29, 1.82) is 0 Å². The second-order valence-electron chi connectivity index (χ2n) is 5.89. The number of nitrogens with zero attached hydrogens (tertiary/aromatic N) is 1. The highest BCUT2D eigenvalue weighted by Crippen LogP contribution is 2.26. The van der Waals surface area contributed by atoms with Gasteiger partial charge >= 0.3 is 0 Å². The van der Waals surface area contributed by atoms with E-state index in [1.807, 2.05) is 0 Å². The standard InChI is InChI=1S/C18H20BrFN2O4S/c1-22(2)27(24,25)17-11-13(4-7-16(17)26-3)18(23)21-9-8-12-10-14(19)5-6-15(12)20/h4-7,10-11H,8-9H2,1-3H3,(H,21,23). The van der Waals surface area contributed by atoms with Gasteiger partial charge in [0.2, 0.25) is 10.0 Å². The molecular weight excluding hydrogens is 439 g/mol. The third-order valence-electron chi connectivity index (χ3n) is 3.87. The van der Waals surface area contributed by atoms with Crippen molar-refractivity contribution in [1.82, 2.24) is 9.62 Å². The quantitative estimate of drug-likeness (QED) is 0.691. The van der Waals surface area contributed by atoms with Crippen LogP contribution in [0.2, 0.25) is 0 Å². The fourth-order valence-electron chi connectivity index (χ4n) is 2.36. The number of carbonyl (C=O) groups is 1. The van der Waals surface area contributed by atoms with Gasteiger partial charge in [0.25, 0.3) is 5.91 Å². The zero-order valence-corrected chi connectivity index (χ0v) is 17.5. The molecule has 0 aliphatic carbocycles. The van der Waals surface area contributed by atoms with E-state index in [9.17, 15) is 17.6 Å². The molecule has 6 nitrogen and oxygen atoms in total. The number of rotatable bonds is 7. The molecule has 0 bridgehead atoms. The van der Waals surface area contributed by atoms with Gasteiger partial charge in [-0.05, 0) is 48.4 Å². The van der Waals surface area contributed by atoms with Gasteiger partial charge < -0.3 is 10.1 Å². The van der Waals surface area contributed by atoms with Crippen LogP contribution in [0, 0.1) is 5.82 Å². The first kappa shape index (κ1) is 21.3. The number of amides is 1. The van der Waals surface area contributed by atoms with Crippen molar-refractivity contribution in [2.45, 2.75) is 11.3 Å². The zero-order valence-electron chi connectivity index (χ0n) is 15.1. The summed E-state index contributed by atoms with van der Waals surface area (Å²) in [5.74, 6) is -0.656. The number of methoxy groups -OCH3 is 1. The van der Waals surface area contributed by atoms with Gasteiger partial charge in [-0.25, -0.2) is 17.1 Å². The maximum absolute atomic E-state index is 13.7. The number of ether oxygens (including phenoxy) is 1. The SMILES string of the molecule is COc1ccc(C(=O)NCCc2cc(Br)ccc2F)cc1S(=O)(=O)N(C)C. The zero-order chi connectivity index (χ0) is 20.2. The minimum absolute atomic E-state index is 0.0966. The van der Waals surface area contributed by atoms with Gasteiger partial charge in [-0.1, -0.05) is 15.9 Å². The van der Waals surface area contributed by atoms with Crippen LogP contribution in [0.1, 0.15) is 15.9 Å². The Balaban J connectivity index is 2.16. The Labute approximate surface area is 166 Å². The van der Waals surface area contributed by atoms with E-state index in [2.05, 4.69) is 21.2 Å². The summed E-state index contributed by atoms with van der Waals surface area (Å²) in [6, 6.07) is 8.77. The summed E-state index contributed by atoms with van der Waals surface area (Å²) in [7, 11) is 0.375. The molecule has 0 radical (unpaired) electrons. The Morgan fingerprint density at radius 1 is 1.22 bits per heavy atom. The van der Waals surface area contributed by atoms with E-state index in [0.717, 1.165) is 8.78 Å². The maximum Gasteiger partial charge on any atom is 0.251 e. The fraction of sp³-hybridized carbons (Fsp3) is 0.278. The van der Waals surface area contributed by atoms with Crippen LogP contribution in [0.4, 0.5) is 4.39 Å². The van der Waals surface area contributed by atoms with Gasteiger partial charge in [0, 0.05) is 30.7 Å². The molecule has 1 amide bonds. The minimum Gasteiger partial charge on any atom is -0.495 e. The molecule has 27 heavy (non-hydrogen) atoms. The molecule has 1 N–H and O–H groups in total. The molecule has 0 aliphatic rings. The maximum atomic E-state index is 13.7. The van der Waals surface area contributed by atoms with Crippen LogP contribution in [0.3, 0.4) is 0 Å². The predicted molar refractivity (Wildman–Crippen MR) is 104 cm³/mol. The van der Waals surface area contributed by atoms with Crippen LogP contribution in [0.15, 0.2) is 45.8 Å². The molecule has 2 rings (SSSR count).